The number of aryl methyl sites for hydroxylation is 2. The molecule has 1 aliphatic heterocycles. The second-order valence-corrected chi connectivity index (χ2v) is 9.31. The second kappa shape index (κ2) is 8.92. The van der Waals surface area contributed by atoms with Crippen LogP contribution in [0.25, 0.3) is 0 Å². The summed E-state index contributed by atoms with van der Waals surface area (Å²) in [6.07, 6.45) is 0. The highest BCUT2D eigenvalue weighted by Gasteiger charge is 2.23. The highest BCUT2D eigenvalue weighted by atomic mass is 35.5. The summed E-state index contributed by atoms with van der Waals surface area (Å²) in [5.74, 6) is 0.132. The molecule has 30 heavy (non-hydrogen) atoms. The van der Waals surface area contributed by atoms with Gasteiger partial charge >= 0.3 is 0 Å². The fourth-order valence-electron chi connectivity index (χ4n) is 3.91. The maximum absolute atomic E-state index is 13.0. The molecule has 158 valence electrons. The van der Waals surface area contributed by atoms with Gasteiger partial charge in [0, 0.05) is 32.7 Å². The minimum atomic E-state index is 0.132. The number of hydrogen-bond acceptors (Lipinski definition) is 4. The summed E-state index contributed by atoms with van der Waals surface area (Å²) in [4.78, 5) is 18.2. The second-order valence-electron chi connectivity index (χ2n) is 8.02. The van der Waals surface area contributed by atoms with Crippen molar-refractivity contribution in [3.8, 4) is 0 Å². The lowest BCUT2D eigenvalue weighted by atomic mass is 10.1. The summed E-state index contributed by atoms with van der Waals surface area (Å²) in [7, 11) is 0. The van der Waals surface area contributed by atoms with E-state index in [-0.39, 0.29) is 5.91 Å². The number of hydrogen-bond donors (Lipinski definition) is 0. The Bertz CT molecular complexity index is 1050. The van der Waals surface area contributed by atoms with Crippen molar-refractivity contribution in [1.29, 1.82) is 0 Å². The molecule has 1 saturated heterocycles. The van der Waals surface area contributed by atoms with Gasteiger partial charge in [-0.3, -0.25) is 14.4 Å². The average molecular weight is 443 g/mol. The predicted molar refractivity (Wildman–Crippen MR) is 122 cm³/mol. The molecule has 1 fully saturated rings. The number of thiophene rings is 1. The lowest BCUT2D eigenvalue weighted by Crippen LogP contribution is -2.48. The van der Waals surface area contributed by atoms with Crippen molar-refractivity contribution in [3.63, 3.8) is 0 Å². The largest absolute Gasteiger partial charge is 0.335 e. The molecular formula is C23H27ClN4OS. The Balaban J connectivity index is 1.34. The maximum atomic E-state index is 13.0. The monoisotopic (exact) mass is 442 g/mol. The van der Waals surface area contributed by atoms with Crippen molar-refractivity contribution in [2.75, 3.05) is 26.2 Å². The molecule has 0 N–H and O–H groups in total. The van der Waals surface area contributed by atoms with Crippen LogP contribution in [-0.4, -0.2) is 51.7 Å². The summed E-state index contributed by atoms with van der Waals surface area (Å²) in [5.41, 5.74) is 5.50. The van der Waals surface area contributed by atoms with E-state index in [2.05, 4.69) is 41.2 Å². The normalized spacial score (nSPS) is 15.0. The van der Waals surface area contributed by atoms with Gasteiger partial charge in [-0.15, -0.1) is 11.3 Å². The van der Waals surface area contributed by atoms with Gasteiger partial charge in [0.2, 0.25) is 0 Å². The van der Waals surface area contributed by atoms with Crippen molar-refractivity contribution in [1.82, 2.24) is 19.6 Å². The van der Waals surface area contributed by atoms with E-state index in [9.17, 15) is 4.79 Å². The molecule has 0 saturated carbocycles. The maximum Gasteiger partial charge on any atom is 0.264 e. The number of halogens is 1. The third kappa shape index (κ3) is 4.61. The lowest BCUT2D eigenvalue weighted by molar-refractivity contribution is 0.0633. The summed E-state index contributed by atoms with van der Waals surface area (Å²) >= 11 is 7.76. The molecule has 0 radical (unpaired) electrons. The van der Waals surface area contributed by atoms with Gasteiger partial charge in [-0.1, -0.05) is 41.4 Å². The number of carbonyl (C=O) groups is 1. The number of carbonyl (C=O) groups excluding carboxylic acids is 1. The Morgan fingerprint density at radius 2 is 1.83 bits per heavy atom. The molecule has 4 rings (SSSR count). The molecular weight excluding hydrogens is 416 g/mol. The number of piperazine rings is 1. The van der Waals surface area contributed by atoms with Crippen molar-refractivity contribution >= 4 is 28.8 Å². The zero-order chi connectivity index (χ0) is 21.3. The van der Waals surface area contributed by atoms with Crippen LogP contribution in [0.1, 0.15) is 37.7 Å². The van der Waals surface area contributed by atoms with Gasteiger partial charge < -0.3 is 4.90 Å². The van der Waals surface area contributed by atoms with Gasteiger partial charge in [-0.05, 0) is 43.3 Å². The molecule has 0 atom stereocenters. The van der Waals surface area contributed by atoms with E-state index in [0.717, 1.165) is 54.6 Å². The fraction of sp³-hybridized carbons (Fsp3) is 0.391. The third-order valence-electron chi connectivity index (χ3n) is 5.64. The molecule has 5 nitrogen and oxygen atoms in total. The molecule has 1 aromatic carbocycles. The van der Waals surface area contributed by atoms with E-state index >= 15 is 0 Å². The number of benzene rings is 1. The lowest BCUT2D eigenvalue weighted by Gasteiger charge is -2.34. The van der Waals surface area contributed by atoms with Crippen molar-refractivity contribution in [3.05, 3.63) is 73.7 Å². The van der Waals surface area contributed by atoms with Gasteiger partial charge in [0.15, 0.2) is 0 Å². The Morgan fingerprint density at radius 1 is 1.07 bits per heavy atom. The molecule has 7 heteroatoms. The van der Waals surface area contributed by atoms with Gasteiger partial charge in [0.1, 0.15) is 0 Å². The topological polar surface area (TPSA) is 41.4 Å². The quantitative estimate of drug-likeness (QED) is 0.583. The van der Waals surface area contributed by atoms with Crippen LogP contribution in [0, 0.1) is 20.8 Å². The van der Waals surface area contributed by atoms with Gasteiger partial charge in [0.05, 0.1) is 27.8 Å². The van der Waals surface area contributed by atoms with E-state index in [4.69, 9.17) is 11.6 Å². The molecule has 3 aromatic rings. The zero-order valence-electron chi connectivity index (χ0n) is 17.7. The van der Waals surface area contributed by atoms with Crippen molar-refractivity contribution < 1.29 is 4.79 Å². The summed E-state index contributed by atoms with van der Waals surface area (Å²) in [5, 5.41) is 7.25. The number of amides is 1. The number of rotatable bonds is 5. The standard InChI is InChI=1S/C23H27ClN4OS/c1-16-5-4-6-19(11-16)13-26-7-9-27(10-8-26)23(29)21-12-20(15-30-21)14-28-18(3)22(24)17(2)25-28/h4-6,11-12,15H,7-10,13-14H2,1-3H3. The molecule has 2 aromatic heterocycles. The average Bonchev–Trinajstić information content (AvgIpc) is 3.29. The molecule has 3 heterocycles. The van der Waals surface area contributed by atoms with Crippen LogP contribution in [0.15, 0.2) is 35.7 Å². The highest BCUT2D eigenvalue weighted by Crippen LogP contribution is 2.23. The number of aromatic nitrogens is 2. The Labute approximate surface area is 186 Å². The van der Waals surface area contributed by atoms with E-state index < -0.39 is 0 Å². The van der Waals surface area contributed by atoms with Crippen molar-refractivity contribution in [2.45, 2.75) is 33.9 Å². The van der Waals surface area contributed by atoms with Crippen LogP contribution < -0.4 is 0 Å². The van der Waals surface area contributed by atoms with E-state index in [0.29, 0.717) is 11.6 Å². The summed E-state index contributed by atoms with van der Waals surface area (Å²) in [6, 6.07) is 10.6. The van der Waals surface area contributed by atoms with Crippen molar-refractivity contribution in [2.24, 2.45) is 0 Å². The third-order valence-corrected chi connectivity index (χ3v) is 7.15. The van der Waals surface area contributed by atoms with Crippen LogP contribution in [0.2, 0.25) is 5.02 Å². The van der Waals surface area contributed by atoms with E-state index in [1.54, 1.807) is 0 Å². The first-order valence-electron chi connectivity index (χ1n) is 10.2. The molecule has 0 aliphatic carbocycles. The predicted octanol–water partition coefficient (Wildman–Crippen LogP) is 4.53. The van der Waals surface area contributed by atoms with Gasteiger partial charge in [0.25, 0.3) is 5.91 Å². The fourth-order valence-corrected chi connectivity index (χ4v) is 4.91. The molecule has 0 spiro atoms. The molecule has 0 unspecified atom stereocenters. The first-order chi connectivity index (χ1) is 14.4. The van der Waals surface area contributed by atoms with Crippen LogP contribution in [0.5, 0.6) is 0 Å². The Kier molecular flexibility index (Phi) is 6.27. The first kappa shape index (κ1) is 21.1. The number of nitrogens with zero attached hydrogens (tertiary/aromatic N) is 4. The smallest absolute Gasteiger partial charge is 0.264 e. The minimum Gasteiger partial charge on any atom is -0.335 e. The highest BCUT2D eigenvalue weighted by molar-refractivity contribution is 7.12. The van der Waals surface area contributed by atoms with Crippen LogP contribution in [0.4, 0.5) is 0 Å². The summed E-state index contributed by atoms with van der Waals surface area (Å²) in [6.45, 7) is 10.9. The Hall–Kier alpha value is -2.15. The minimum absolute atomic E-state index is 0.132. The summed E-state index contributed by atoms with van der Waals surface area (Å²) < 4.78 is 1.90. The van der Waals surface area contributed by atoms with Gasteiger partial charge in [-0.25, -0.2) is 0 Å². The van der Waals surface area contributed by atoms with Crippen LogP contribution in [-0.2, 0) is 13.1 Å². The van der Waals surface area contributed by atoms with Crippen LogP contribution >= 0.6 is 22.9 Å². The molecule has 1 aliphatic rings. The SMILES string of the molecule is Cc1cccc(CN2CCN(C(=O)c3cc(Cn4nc(C)c(Cl)c4C)cs3)CC2)c1. The molecule has 0 bridgehead atoms. The zero-order valence-corrected chi connectivity index (χ0v) is 19.3. The van der Waals surface area contributed by atoms with Gasteiger partial charge in [-0.2, -0.15) is 5.10 Å². The van der Waals surface area contributed by atoms with Crippen LogP contribution in [0.3, 0.4) is 0 Å². The van der Waals surface area contributed by atoms with E-state index in [1.807, 2.05) is 34.9 Å². The van der Waals surface area contributed by atoms with E-state index in [1.165, 1.54) is 22.5 Å². The molecule has 1 amide bonds. The first-order valence-corrected chi connectivity index (χ1v) is 11.5. The Morgan fingerprint density at radius 3 is 2.50 bits per heavy atom.